The summed E-state index contributed by atoms with van der Waals surface area (Å²) in [6.07, 6.45) is 24.6. The second kappa shape index (κ2) is 21.9. The van der Waals surface area contributed by atoms with Gasteiger partial charge in [-0.25, -0.2) is 0 Å². The molecule has 2 rings (SSSR count). The van der Waals surface area contributed by atoms with Gasteiger partial charge in [0.25, 0.3) is 0 Å². The zero-order valence-electron chi connectivity index (χ0n) is 26.1. The lowest BCUT2D eigenvalue weighted by atomic mass is 10.2. The van der Waals surface area contributed by atoms with Gasteiger partial charge in [0, 0.05) is 13.1 Å². The lowest BCUT2D eigenvalue weighted by molar-refractivity contribution is 0.150. The number of thioether (sulfide) groups is 4. The third kappa shape index (κ3) is 12.7. The minimum absolute atomic E-state index is 0.727. The molecule has 2 aliphatic rings. The summed E-state index contributed by atoms with van der Waals surface area (Å²) in [5.74, 6) is 0. The van der Waals surface area contributed by atoms with E-state index in [-0.39, 0.29) is 0 Å². The molecule has 2 saturated heterocycles. The molecule has 38 heavy (non-hydrogen) atoms. The average molecular weight is 605 g/mol. The van der Waals surface area contributed by atoms with Gasteiger partial charge in [0.2, 0.25) is 0 Å². The van der Waals surface area contributed by atoms with Crippen molar-refractivity contribution in [1.29, 1.82) is 0 Å². The second-order valence-corrected chi connectivity index (χ2v) is 17.7. The quantitative estimate of drug-likeness (QED) is 0.128. The van der Waals surface area contributed by atoms with Crippen molar-refractivity contribution in [1.82, 2.24) is 9.80 Å². The molecule has 2 aliphatic heterocycles. The molecule has 0 amide bonds. The fourth-order valence-corrected chi connectivity index (χ4v) is 13.4. The second-order valence-electron chi connectivity index (χ2n) is 11.6. The van der Waals surface area contributed by atoms with Gasteiger partial charge < -0.3 is 0 Å². The first-order valence-corrected chi connectivity index (χ1v) is 20.5. The molecule has 0 bridgehead atoms. The van der Waals surface area contributed by atoms with Crippen LogP contribution in [0.4, 0.5) is 0 Å². The minimum atomic E-state index is 0.727. The van der Waals surface area contributed by atoms with Crippen LogP contribution in [0.3, 0.4) is 0 Å². The van der Waals surface area contributed by atoms with Crippen LogP contribution in [0.1, 0.15) is 157 Å². The zero-order valence-corrected chi connectivity index (χ0v) is 29.4. The predicted octanol–water partition coefficient (Wildman–Crippen LogP) is 11.6. The normalized spacial score (nSPS) is 29.2. The van der Waals surface area contributed by atoms with E-state index in [2.05, 4.69) is 98.4 Å². The highest BCUT2D eigenvalue weighted by atomic mass is 32.2. The molecule has 0 aromatic heterocycles. The molecular formula is C32H64N2S4. The van der Waals surface area contributed by atoms with Crippen molar-refractivity contribution in [3.63, 3.8) is 0 Å². The zero-order chi connectivity index (χ0) is 27.6. The molecule has 0 aromatic carbocycles. The van der Waals surface area contributed by atoms with Gasteiger partial charge in [0.1, 0.15) is 0 Å². The molecule has 0 radical (unpaired) electrons. The summed E-state index contributed by atoms with van der Waals surface area (Å²) in [6.45, 7) is 16.8. The van der Waals surface area contributed by atoms with E-state index in [1.165, 1.54) is 129 Å². The molecule has 0 N–H and O–H groups in total. The van der Waals surface area contributed by atoms with Crippen LogP contribution in [0, 0.1) is 0 Å². The van der Waals surface area contributed by atoms with E-state index in [1.54, 1.807) is 0 Å². The monoisotopic (exact) mass is 604 g/mol. The molecular weight excluding hydrogens is 541 g/mol. The van der Waals surface area contributed by atoms with Crippen molar-refractivity contribution in [3.8, 4) is 0 Å². The van der Waals surface area contributed by atoms with E-state index in [0.717, 1.165) is 30.7 Å². The third-order valence-corrected chi connectivity index (χ3v) is 14.9. The van der Waals surface area contributed by atoms with E-state index in [0.29, 0.717) is 0 Å². The third-order valence-electron chi connectivity index (χ3n) is 8.14. The maximum atomic E-state index is 3.01. The van der Waals surface area contributed by atoms with Crippen LogP contribution in [0.5, 0.6) is 0 Å². The molecule has 0 spiro atoms. The van der Waals surface area contributed by atoms with Gasteiger partial charge in [-0.3, -0.25) is 9.80 Å². The molecule has 2 nitrogen and oxygen atoms in total. The van der Waals surface area contributed by atoms with Crippen LogP contribution in [0.15, 0.2) is 0 Å². The molecule has 2 fully saturated rings. The molecule has 4 unspecified atom stereocenters. The first-order valence-electron chi connectivity index (χ1n) is 16.7. The van der Waals surface area contributed by atoms with Gasteiger partial charge in [-0.1, -0.05) is 119 Å². The first-order chi connectivity index (χ1) is 18.6. The Labute approximate surface area is 256 Å². The van der Waals surface area contributed by atoms with Gasteiger partial charge in [-0.05, 0) is 38.5 Å². The Morgan fingerprint density at radius 1 is 0.368 bits per heavy atom. The summed E-state index contributed by atoms with van der Waals surface area (Å²) in [7, 11) is 0. The highest BCUT2D eigenvalue weighted by Crippen LogP contribution is 2.48. The van der Waals surface area contributed by atoms with Crippen LogP contribution < -0.4 is 0 Å². The van der Waals surface area contributed by atoms with E-state index in [9.17, 15) is 0 Å². The molecule has 0 aromatic rings. The molecule has 2 heterocycles. The SMILES string of the molecule is CCCCC1SC(CCCC)N(CCN2C(CCCC)SC(CCCC)SC2CCCC)C(CCCC)S1. The molecule has 226 valence electrons. The van der Waals surface area contributed by atoms with Crippen LogP contribution in [-0.2, 0) is 0 Å². The van der Waals surface area contributed by atoms with Gasteiger partial charge in [0.05, 0.1) is 30.7 Å². The smallest absolute Gasteiger partial charge is 0.0578 e. The maximum absolute atomic E-state index is 3.01. The molecule has 6 heteroatoms. The van der Waals surface area contributed by atoms with Gasteiger partial charge in [-0.2, -0.15) is 0 Å². The Morgan fingerprint density at radius 3 is 0.842 bits per heavy atom. The summed E-state index contributed by atoms with van der Waals surface area (Å²) in [4.78, 5) is 6.02. The van der Waals surface area contributed by atoms with Gasteiger partial charge in [0.15, 0.2) is 0 Å². The first kappa shape index (κ1) is 35.5. The number of hydrogen-bond donors (Lipinski definition) is 0. The number of rotatable bonds is 21. The van der Waals surface area contributed by atoms with Crippen LogP contribution >= 0.6 is 47.0 Å². The van der Waals surface area contributed by atoms with E-state index >= 15 is 0 Å². The summed E-state index contributed by atoms with van der Waals surface area (Å²) in [5, 5.41) is 2.91. The lowest BCUT2D eigenvalue weighted by Gasteiger charge is -2.48. The highest BCUT2D eigenvalue weighted by Gasteiger charge is 2.39. The summed E-state index contributed by atoms with van der Waals surface area (Å²) in [5.41, 5.74) is 0. The number of hydrogen-bond acceptors (Lipinski definition) is 6. The van der Waals surface area contributed by atoms with Crippen LogP contribution in [0.25, 0.3) is 0 Å². The van der Waals surface area contributed by atoms with E-state index in [1.807, 2.05) is 0 Å². The van der Waals surface area contributed by atoms with Crippen molar-refractivity contribution in [2.24, 2.45) is 0 Å². The minimum Gasteiger partial charge on any atom is -0.278 e. The summed E-state index contributed by atoms with van der Waals surface area (Å²) < 4.78 is 1.62. The average Bonchev–Trinajstić information content (AvgIpc) is 2.94. The number of nitrogens with zero attached hydrogens (tertiary/aromatic N) is 2. The van der Waals surface area contributed by atoms with Crippen LogP contribution in [0.2, 0.25) is 0 Å². The summed E-state index contributed by atoms with van der Waals surface area (Å²) in [6, 6.07) is 0. The molecule has 0 saturated carbocycles. The Balaban J connectivity index is 2.20. The fraction of sp³-hybridized carbons (Fsp3) is 1.00. The molecule has 4 atom stereocenters. The van der Waals surface area contributed by atoms with Crippen LogP contribution in [-0.4, -0.2) is 53.5 Å². The molecule has 0 aliphatic carbocycles. The van der Waals surface area contributed by atoms with E-state index in [4.69, 9.17) is 0 Å². The van der Waals surface area contributed by atoms with Crippen molar-refractivity contribution in [3.05, 3.63) is 0 Å². The van der Waals surface area contributed by atoms with Gasteiger partial charge >= 0.3 is 0 Å². The predicted molar refractivity (Wildman–Crippen MR) is 184 cm³/mol. The Kier molecular flexibility index (Phi) is 20.5. The van der Waals surface area contributed by atoms with Crippen molar-refractivity contribution >= 4 is 47.0 Å². The standard InChI is InChI=1S/C32H64N2S4/c1-7-13-19-27-33(28(20-14-8-2)36-31(35-27)23-17-11-5)25-26-34-29(21-15-9-3)37-32(24-18-12-6)38-30(34)22-16-10-4/h27-32H,7-26H2,1-6H3. The lowest BCUT2D eigenvalue weighted by Crippen LogP contribution is -2.52. The fourth-order valence-electron chi connectivity index (χ4n) is 5.72. The van der Waals surface area contributed by atoms with Crippen molar-refractivity contribution < 1.29 is 0 Å². The van der Waals surface area contributed by atoms with E-state index < -0.39 is 0 Å². The van der Waals surface area contributed by atoms with Crippen molar-refractivity contribution in [2.75, 3.05) is 13.1 Å². The Hall–Kier alpha value is 1.32. The highest BCUT2D eigenvalue weighted by molar-refractivity contribution is 8.18. The van der Waals surface area contributed by atoms with Gasteiger partial charge in [-0.15, -0.1) is 47.0 Å². The maximum Gasteiger partial charge on any atom is 0.0578 e. The number of unbranched alkanes of at least 4 members (excludes halogenated alkanes) is 6. The summed E-state index contributed by atoms with van der Waals surface area (Å²) >= 11 is 9.37. The topological polar surface area (TPSA) is 6.48 Å². The largest absolute Gasteiger partial charge is 0.278 e. The Morgan fingerprint density at radius 2 is 0.605 bits per heavy atom. The van der Waals surface area contributed by atoms with Crippen molar-refractivity contribution in [2.45, 2.75) is 188 Å². The Bertz CT molecular complexity index is 482.